The Morgan fingerprint density at radius 2 is 1.76 bits per heavy atom. The fraction of sp³-hybridized carbons (Fsp3) is 0.381. The molecule has 0 radical (unpaired) electrons. The molecular formula is C21H26O4. The van der Waals surface area contributed by atoms with Crippen LogP contribution in [0.2, 0.25) is 0 Å². The molecule has 4 heteroatoms. The van der Waals surface area contributed by atoms with E-state index in [9.17, 15) is 9.90 Å². The zero-order chi connectivity index (χ0) is 18.1. The highest BCUT2D eigenvalue weighted by Crippen LogP contribution is 2.26. The van der Waals surface area contributed by atoms with Gasteiger partial charge in [-0.05, 0) is 55.2 Å². The Morgan fingerprint density at radius 3 is 2.44 bits per heavy atom. The molecule has 0 fully saturated rings. The second-order valence-electron chi connectivity index (χ2n) is 5.95. The maximum atomic E-state index is 11.8. The summed E-state index contributed by atoms with van der Waals surface area (Å²) in [5.41, 5.74) is 1.69. The summed E-state index contributed by atoms with van der Waals surface area (Å²) in [5, 5.41) is 9.68. The van der Waals surface area contributed by atoms with Crippen LogP contribution < -0.4 is 9.47 Å². The number of unbranched alkanes of at least 4 members (excludes halogenated alkanes) is 1. The van der Waals surface area contributed by atoms with Gasteiger partial charge in [0, 0.05) is 0 Å². The number of hydrogen-bond donors (Lipinski definition) is 1. The SMILES string of the molecule is CCCCOc1cccc(CC(C(=O)O)c2cccc(OCC)c2)c1. The van der Waals surface area contributed by atoms with E-state index in [1.807, 2.05) is 55.5 Å². The van der Waals surface area contributed by atoms with Gasteiger partial charge in [-0.1, -0.05) is 37.6 Å². The first-order valence-electron chi connectivity index (χ1n) is 8.81. The van der Waals surface area contributed by atoms with Gasteiger partial charge in [-0.3, -0.25) is 4.79 Å². The van der Waals surface area contributed by atoms with Crippen LogP contribution in [-0.2, 0) is 11.2 Å². The summed E-state index contributed by atoms with van der Waals surface area (Å²) in [4.78, 5) is 11.8. The van der Waals surface area contributed by atoms with Gasteiger partial charge in [0.05, 0.1) is 19.1 Å². The lowest BCUT2D eigenvalue weighted by Crippen LogP contribution is -2.14. The van der Waals surface area contributed by atoms with Crippen LogP contribution in [0.1, 0.15) is 43.7 Å². The van der Waals surface area contributed by atoms with Gasteiger partial charge >= 0.3 is 5.97 Å². The molecule has 0 spiro atoms. The Hall–Kier alpha value is -2.49. The maximum Gasteiger partial charge on any atom is 0.311 e. The fourth-order valence-electron chi connectivity index (χ4n) is 2.67. The van der Waals surface area contributed by atoms with Crippen molar-refractivity contribution in [3.63, 3.8) is 0 Å². The van der Waals surface area contributed by atoms with Crippen LogP contribution in [-0.4, -0.2) is 24.3 Å². The summed E-state index contributed by atoms with van der Waals surface area (Å²) in [7, 11) is 0. The molecule has 2 aromatic carbocycles. The maximum absolute atomic E-state index is 11.8. The Morgan fingerprint density at radius 1 is 1.04 bits per heavy atom. The predicted molar refractivity (Wildman–Crippen MR) is 98.5 cm³/mol. The molecule has 0 saturated carbocycles. The zero-order valence-corrected chi connectivity index (χ0v) is 14.9. The molecule has 0 aliphatic rings. The number of benzene rings is 2. The minimum Gasteiger partial charge on any atom is -0.494 e. The average Bonchev–Trinajstić information content (AvgIpc) is 2.61. The number of ether oxygens (including phenoxy) is 2. The number of hydrogen-bond acceptors (Lipinski definition) is 3. The molecule has 0 aliphatic heterocycles. The number of aliphatic carboxylic acids is 1. The molecule has 1 atom stereocenters. The molecule has 0 bridgehead atoms. The van der Waals surface area contributed by atoms with Crippen molar-refractivity contribution < 1.29 is 19.4 Å². The number of carboxylic acids is 1. The van der Waals surface area contributed by atoms with Crippen LogP contribution in [0.3, 0.4) is 0 Å². The summed E-state index contributed by atoms with van der Waals surface area (Å²) in [6.45, 7) is 5.26. The molecule has 4 nitrogen and oxygen atoms in total. The van der Waals surface area contributed by atoms with Crippen molar-refractivity contribution in [1.29, 1.82) is 0 Å². The minimum absolute atomic E-state index is 0.413. The first-order valence-corrected chi connectivity index (χ1v) is 8.81. The van der Waals surface area contributed by atoms with E-state index in [1.54, 1.807) is 0 Å². The molecule has 2 rings (SSSR count). The number of carbonyl (C=O) groups is 1. The summed E-state index contributed by atoms with van der Waals surface area (Å²) >= 11 is 0. The molecule has 25 heavy (non-hydrogen) atoms. The fourth-order valence-corrected chi connectivity index (χ4v) is 2.67. The van der Waals surface area contributed by atoms with Crippen molar-refractivity contribution in [2.24, 2.45) is 0 Å². The second kappa shape index (κ2) is 9.72. The molecule has 1 unspecified atom stereocenters. The highest BCUT2D eigenvalue weighted by molar-refractivity contribution is 5.76. The molecular weight excluding hydrogens is 316 g/mol. The van der Waals surface area contributed by atoms with E-state index in [0.29, 0.717) is 25.4 Å². The molecule has 2 aromatic rings. The van der Waals surface area contributed by atoms with Crippen molar-refractivity contribution in [3.8, 4) is 11.5 Å². The summed E-state index contributed by atoms with van der Waals surface area (Å²) < 4.78 is 11.2. The highest BCUT2D eigenvalue weighted by Gasteiger charge is 2.21. The van der Waals surface area contributed by atoms with Gasteiger partial charge < -0.3 is 14.6 Å². The van der Waals surface area contributed by atoms with Crippen LogP contribution >= 0.6 is 0 Å². The smallest absolute Gasteiger partial charge is 0.311 e. The Balaban J connectivity index is 2.15. The van der Waals surface area contributed by atoms with Gasteiger partial charge in [0.15, 0.2) is 0 Å². The Kier molecular flexibility index (Phi) is 7.33. The van der Waals surface area contributed by atoms with Crippen molar-refractivity contribution >= 4 is 5.97 Å². The van der Waals surface area contributed by atoms with E-state index in [4.69, 9.17) is 9.47 Å². The van der Waals surface area contributed by atoms with Gasteiger partial charge in [-0.15, -0.1) is 0 Å². The van der Waals surface area contributed by atoms with Crippen LogP contribution in [0.25, 0.3) is 0 Å². The first-order chi connectivity index (χ1) is 12.1. The van der Waals surface area contributed by atoms with E-state index in [0.717, 1.165) is 29.7 Å². The first kappa shape index (κ1) is 18.8. The topological polar surface area (TPSA) is 55.8 Å². The zero-order valence-electron chi connectivity index (χ0n) is 14.9. The quantitative estimate of drug-likeness (QED) is 0.637. The largest absolute Gasteiger partial charge is 0.494 e. The lowest BCUT2D eigenvalue weighted by molar-refractivity contribution is -0.138. The highest BCUT2D eigenvalue weighted by atomic mass is 16.5. The third-order valence-electron chi connectivity index (χ3n) is 3.97. The normalized spacial score (nSPS) is 11.8. The second-order valence-corrected chi connectivity index (χ2v) is 5.95. The minimum atomic E-state index is -0.842. The van der Waals surface area contributed by atoms with Crippen LogP contribution in [0.4, 0.5) is 0 Å². The molecule has 0 amide bonds. The van der Waals surface area contributed by atoms with Gasteiger partial charge in [0.2, 0.25) is 0 Å². The Bertz CT molecular complexity index is 681. The van der Waals surface area contributed by atoms with E-state index in [-0.39, 0.29) is 0 Å². The molecule has 0 aromatic heterocycles. The van der Waals surface area contributed by atoms with E-state index < -0.39 is 11.9 Å². The summed E-state index contributed by atoms with van der Waals surface area (Å²) in [6, 6.07) is 15.0. The van der Waals surface area contributed by atoms with Crippen molar-refractivity contribution in [2.75, 3.05) is 13.2 Å². The van der Waals surface area contributed by atoms with E-state index in [2.05, 4.69) is 6.92 Å². The third-order valence-corrected chi connectivity index (χ3v) is 3.97. The lowest BCUT2D eigenvalue weighted by atomic mass is 9.92. The van der Waals surface area contributed by atoms with Crippen LogP contribution in [0, 0.1) is 0 Å². The van der Waals surface area contributed by atoms with E-state index >= 15 is 0 Å². The summed E-state index contributed by atoms with van der Waals surface area (Å²) in [5.74, 6) is 0.0262. The lowest BCUT2D eigenvalue weighted by Gasteiger charge is -2.15. The van der Waals surface area contributed by atoms with E-state index in [1.165, 1.54) is 0 Å². The Labute approximate surface area is 149 Å². The standard InChI is InChI=1S/C21H26O4/c1-3-5-12-25-18-10-6-8-16(13-18)14-20(21(22)23)17-9-7-11-19(15-17)24-4-2/h6-11,13,15,20H,3-5,12,14H2,1-2H3,(H,22,23). The molecule has 0 aliphatic carbocycles. The van der Waals surface area contributed by atoms with Gasteiger partial charge in [-0.2, -0.15) is 0 Å². The van der Waals surface area contributed by atoms with Crippen molar-refractivity contribution in [2.45, 2.75) is 39.0 Å². The average molecular weight is 342 g/mol. The molecule has 1 N–H and O–H groups in total. The number of carboxylic acid groups (broad SMARTS) is 1. The van der Waals surface area contributed by atoms with Crippen molar-refractivity contribution in [3.05, 3.63) is 59.7 Å². The monoisotopic (exact) mass is 342 g/mol. The number of rotatable bonds is 10. The third kappa shape index (κ3) is 5.82. The molecule has 0 saturated heterocycles. The molecule has 0 heterocycles. The van der Waals surface area contributed by atoms with Gasteiger partial charge in [0.1, 0.15) is 11.5 Å². The summed E-state index contributed by atoms with van der Waals surface area (Å²) in [6.07, 6.45) is 2.50. The van der Waals surface area contributed by atoms with Crippen LogP contribution in [0.15, 0.2) is 48.5 Å². The van der Waals surface area contributed by atoms with Gasteiger partial charge in [-0.25, -0.2) is 0 Å². The van der Waals surface area contributed by atoms with Gasteiger partial charge in [0.25, 0.3) is 0 Å². The van der Waals surface area contributed by atoms with Crippen LogP contribution in [0.5, 0.6) is 11.5 Å². The molecule has 134 valence electrons. The van der Waals surface area contributed by atoms with Crippen molar-refractivity contribution in [1.82, 2.24) is 0 Å². The predicted octanol–water partition coefficient (Wildman–Crippen LogP) is 4.68.